The van der Waals surface area contributed by atoms with Crippen molar-refractivity contribution in [1.29, 1.82) is 0 Å². The molecule has 33 heavy (non-hydrogen) atoms. The summed E-state index contributed by atoms with van der Waals surface area (Å²) in [6.07, 6.45) is 0. The van der Waals surface area contributed by atoms with E-state index in [9.17, 15) is 14.4 Å². The number of hydrogen-bond donors (Lipinski definition) is 3. The number of carbonyl (C=O) groups excluding carboxylic acids is 3. The molecule has 0 saturated heterocycles. The molecule has 1 atom stereocenters. The van der Waals surface area contributed by atoms with Crippen molar-refractivity contribution >= 4 is 29.1 Å². The predicted molar refractivity (Wildman–Crippen MR) is 126 cm³/mol. The SMILES string of the molecule is COc1cc(NC(=O)C(C)NC(=O)c2ccccc2)c(OC)cc1NC(=O)c1ccccc1. The van der Waals surface area contributed by atoms with Gasteiger partial charge in [-0.15, -0.1) is 0 Å². The van der Waals surface area contributed by atoms with E-state index in [0.29, 0.717) is 34.0 Å². The molecule has 3 rings (SSSR count). The van der Waals surface area contributed by atoms with E-state index < -0.39 is 11.9 Å². The summed E-state index contributed by atoms with van der Waals surface area (Å²) >= 11 is 0. The molecule has 0 fully saturated rings. The first-order valence-electron chi connectivity index (χ1n) is 10.2. The number of carbonyl (C=O) groups is 3. The number of anilines is 2. The average molecular weight is 447 g/mol. The number of hydrogen-bond acceptors (Lipinski definition) is 5. The van der Waals surface area contributed by atoms with Gasteiger partial charge in [-0.1, -0.05) is 36.4 Å². The average Bonchev–Trinajstić information content (AvgIpc) is 2.85. The number of ether oxygens (including phenoxy) is 2. The number of methoxy groups -OCH3 is 2. The number of benzene rings is 3. The fraction of sp³-hybridized carbons (Fsp3) is 0.160. The maximum atomic E-state index is 12.7. The van der Waals surface area contributed by atoms with Crippen LogP contribution in [0.4, 0.5) is 11.4 Å². The summed E-state index contributed by atoms with van der Waals surface area (Å²) in [7, 11) is 2.90. The molecule has 0 bridgehead atoms. The van der Waals surface area contributed by atoms with Crippen molar-refractivity contribution in [3.63, 3.8) is 0 Å². The van der Waals surface area contributed by atoms with Crippen molar-refractivity contribution < 1.29 is 23.9 Å². The maximum Gasteiger partial charge on any atom is 0.255 e. The molecule has 0 radical (unpaired) electrons. The highest BCUT2D eigenvalue weighted by atomic mass is 16.5. The van der Waals surface area contributed by atoms with Crippen LogP contribution in [-0.2, 0) is 4.79 Å². The Balaban J connectivity index is 1.75. The molecule has 0 aromatic heterocycles. The lowest BCUT2D eigenvalue weighted by Crippen LogP contribution is -2.41. The van der Waals surface area contributed by atoms with E-state index in [1.807, 2.05) is 6.07 Å². The van der Waals surface area contributed by atoms with Crippen molar-refractivity contribution in [2.24, 2.45) is 0 Å². The Kier molecular flexibility index (Phi) is 7.64. The highest BCUT2D eigenvalue weighted by molar-refractivity contribution is 6.06. The van der Waals surface area contributed by atoms with Gasteiger partial charge >= 0.3 is 0 Å². The molecule has 8 nitrogen and oxygen atoms in total. The first-order valence-corrected chi connectivity index (χ1v) is 10.2. The zero-order chi connectivity index (χ0) is 23.8. The van der Waals surface area contributed by atoms with Gasteiger partial charge in [-0.05, 0) is 31.2 Å². The first-order chi connectivity index (χ1) is 15.9. The number of nitrogens with one attached hydrogen (secondary N) is 3. The van der Waals surface area contributed by atoms with Gasteiger partial charge < -0.3 is 25.4 Å². The largest absolute Gasteiger partial charge is 0.494 e. The summed E-state index contributed by atoms with van der Waals surface area (Å²) < 4.78 is 10.8. The molecule has 1 unspecified atom stereocenters. The molecular weight excluding hydrogens is 422 g/mol. The predicted octanol–water partition coefficient (Wildman–Crippen LogP) is 3.71. The number of amides is 3. The molecule has 3 aromatic rings. The highest BCUT2D eigenvalue weighted by Crippen LogP contribution is 2.36. The highest BCUT2D eigenvalue weighted by Gasteiger charge is 2.20. The van der Waals surface area contributed by atoms with Gasteiger partial charge in [0.25, 0.3) is 11.8 Å². The van der Waals surface area contributed by atoms with Crippen LogP contribution in [0.15, 0.2) is 72.8 Å². The van der Waals surface area contributed by atoms with E-state index in [0.717, 1.165) is 0 Å². The summed E-state index contributed by atoms with van der Waals surface area (Å²) in [6, 6.07) is 19.6. The van der Waals surface area contributed by atoms with E-state index in [-0.39, 0.29) is 11.8 Å². The minimum absolute atomic E-state index is 0.314. The van der Waals surface area contributed by atoms with E-state index in [4.69, 9.17) is 9.47 Å². The second kappa shape index (κ2) is 10.8. The normalized spacial score (nSPS) is 11.1. The molecule has 3 N–H and O–H groups in total. The van der Waals surface area contributed by atoms with Crippen LogP contribution in [0, 0.1) is 0 Å². The van der Waals surface area contributed by atoms with Gasteiger partial charge in [-0.2, -0.15) is 0 Å². The Hall–Kier alpha value is -4.33. The molecule has 8 heteroatoms. The molecular formula is C25H25N3O5. The lowest BCUT2D eigenvalue weighted by Gasteiger charge is -2.18. The van der Waals surface area contributed by atoms with E-state index in [1.54, 1.807) is 73.7 Å². The Morgan fingerprint density at radius 1 is 0.697 bits per heavy atom. The molecule has 0 aliphatic carbocycles. The second-order valence-corrected chi connectivity index (χ2v) is 7.12. The molecule has 0 spiro atoms. The van der Waals surface area contributed by atoms with Crippen LogP contribution in [0.5, 0.6) is 11.5 Å². The smallest absolute Gasteiger partial charge is 0.255 e. The maximum absolute atomic E-state index is 12.7. The molecule has 0 aliphatic heterocycles. The quantitative estimate of drug-likeness (QED) is 0.488. The van der Waals surface area contributed by atoms with Crippen LogP contribution in [0.2, 0.25) is 0 Å². The van der Waals surface area contributed by atoms with Gasteiger partial charge in [0, 0.05) is 23.3 Å². The lowest BCUT2D eigenvalue weighted by molar-refractivity contribution is -0.117. The van der Waals surface area contributed by atoms with Gasteiger partial charge in [0.1, 0.15) is 17.5 Å². The minimum Gasteiger partial charge on any atom is -0.494 e. The third kappa shape index (κ3) is 5.88. The topological polar surface area (TPSA) is 106 Å². The van der Waals surface area contributed by atoms with Gasteiger partial charge in [0.05, 0.1) is 25.6 Å². The zero-order valence-corrected chi connectivity index (χ0v) is 18.5. The lowest BCUT2D eigenvalue weighted by atomic mass is 10.1. The van der Waals surface area contributed by atoms with Crippen LogP contribution in [0.25, 0.3) is 0 Å². The van der Waals surface area contributed by atoms with E-state index in [1.165, 1.54) is 14.2 Å². The third-order valence-corrected chi connectivity index (χ3v) is 4.84. The molecule has 3 aromatic carbocycles. The fourth-order valence-corrected chi connectivity index (χ4v) is 3.05. The summed E-state index contributed by atoms with van der Waals surface area (Å²) in [5, 5.41) is 8.18. The van der Waals surface area contributed by atoms with Gasteiger partial charge in [-0.3, -0.25) is 14.4 Å². The summed E-state index contributed by atoms with van der Waals surface area (Å²) in [4.78, 5) is 37.6. The molecule has 0 saturated carbocycles. The van der Waals surface area contributed by atoms with Crippen molar-refractivity contribution in [3.8, 4) is 11.5 Å². The third-order valence-electron chi connectivity index (χ3n) is 4.84. The minimum atomic E-state index is -0.814. The Bertz CT molecular complexity index is 1130. The monoisotopic (exact) mass is 447 g/mol. The van der Waals surface area contributed by atoms with Crippen molar-refractivity contribution in [3.05, 3.63) is 83.9 Å². The van der Waals surface area contributed by atoms with Gasteiger partial charge in [0.15, 0.2) is 0 Å². The van der Waals surface area contributed by atoms with Crippen LogP contribution >= 0.6 is 0 Å². The number of rotatable bonds is 8. The summed E-state index contributed by atoms with van der Waals surface area (Å²) in [6.45, 7) is 1.58. The Morgan fingerprint density at radius 3 is 1.64 bits per heavy atom. The van der Waals surface area contributed by atoms with Crippen molar-refractivity contribution in [2.75, 3.05) is 24.9 Å². The van der Waals surface area contributed by atoms with Crippen LogP contribution in [0.3, 0.4) is 0 Å². The van der Waals surface area contributed by atoms with E-state index in [2.05, 4.69) is 16.0 Å². The fourth-order valence-electron chi connectivity index (χ4n) is 3.05. The molecule has 170 valence electrons. The Labute approximate surface area is 191 Å². The Morgan fingerprint density at radius 2 is 1.15 bits per heavy atom. The molecule has 0 heterocycles. The zero-order valence-electron chi connectivity index (χ0n) is 18.5. The summed E-state index contributed by atoms with van der Waals surface area (Å²) in [5.41, 5.74) is 1.65. The first kappa shape index (κ1) is 23.3. The van der Waals surface area contributed by atoms with Crippen LogP contribution in [0.1, 0.15) is 27.6 Å². The summed E-state index contributed by atoms with van der Waals surface area (Å²) in [5.74, 6) is -0.474. The molecule has 3 amide bonds. The van der Waals surface area contributed by atoms with Crippen molar-refractivity contribution in [1.82, 2.24) is 5.32 Å². The van der Waals surface area contributed by atoms with Crippen molar-refractivity contribution in [2.45, 2.75) is 13.0 Å². The second-order valence-electron chi connectivity index (χ2n) is 7.12. The van der Waals surface area contributed by atoms with Gasteiger partial charge in [0.2, 0.25) is 5.91 Å². The van der Waals surface area contributed by atoms with Gasteiger partial charge in [-0.25, -0.2) is 0 Å². The van der Waals surface area contributed by atoms with E-state index >= 15 is 0 Å². The molecule has 0 aliphatic rings. The van der Waals surface area contributed by atoms with Crippen LogP contribution in [-0.4, -0.2) is 38.0 Å². The standard InChI is InChI=1S/C25H25N3O5/c1-16(26-24(30)17-10-6-4-7-11-17)23(29)27-19-14-22(33-3)20(15-21(19)32-2)28-25(31)18-12-8-5-9-13-18/h4-16H,1-3H3,(H,26,30)(H,27,29)(H,28,31). The van der Waals surface area contributed by atoms with Crippen LogP contribution < -0.4 is 25.4 Å².